The Bertz CT molecular complexity index is 458. The Labute approximate surface area is 100 Å². The molecule has 0 spiro atoms. The standard InChI is InChI=1S/C13H17N3O/c14-10-3-4-16-6-9(10)13(17)11-7-1-2-8(5-7)12(11)15/h3-4,6-8,11-12H,1-2,5,15H2,(H2,14,16). The zero-order valence-electron chi connectivity index (χ0n) is 9.67. The second-order valence-corrected chi connectivity index (χ2v) is 5.26. The lowest BCUT2D eigenvalue weighted by Crippen LogP contribution is -2.40. The highest BCUT2D eigenvalue weighted by atomic mass is 16.1. The Hall–Kier alpha value is -1.42. The predicted octanol–water partition coefficient (Wildman–Crippen LogP) is 1.22. The molecular formula is C13H17N3O. The molecule has 0 radical (unpaired) electrons. The number of aromatic nitrogens is 1. The maximum absolute atomic E-state index is 12.5. The third kappa shape index (κ3) is 1.55. The molecule has 2 aliphatic rings. The number of anilines is 1. The minimum Gasteiger partial charge on any atom is -0.398 e. The molecule has 0 saturated heterocycles. The van der Waals surface area contributed by atoms with E-state index in [1.165, 1.54) is 6.42 Å². The first-order chi connectivity index (χ1) is 8.18. The van der Waals surface area contributed by atoms with Gasteiger partial charge in [0.2, 0.25) is 0 Å². The SMILES string of the molecule is Nc1ccncc1C(=O)C1C2CCC(C2)C1N. The summed E-state index contributed by atoms with van der Waals surface area (Å²) >= 11 is 0. The fourth-order valence-corrected chi connectivity index (χ4v) is 3.52. The van der Waals surface area contributed by atoms with E-state index in [9.17, 15) is 4.79 Å². The van der Waals surface area contributed by atoms with Crippen molar-refractivity contribution in [3.63, 3.8) is 0 Å². The van der Waals surface area contributed by atoms with Gasteiger partial charge in [0, 0.05) is 30.0 Å². The largest absolute Gasteiger partial charge is 0.398 e. The van der Waals surface area contributed by atoms with Gasteiger partial charge in [-0.05, 0) is 37.2 Å². The highest BCUT2D eigenvalue weighted by Gasteiger charge is 2.49. The van der Waals surface area contributed by atoms with Gasteiger partial charge in [0.05, 0.1) is 5.56 Å². The molecule has 90 valence electrons. The lowest BCUT2D eigenvalue weighted by Gasteiger charge is -2.27. The second kappa shape index (κ2) is 3.81. The monoisotopic (exact) mass is 231 g/mol. The van der Waals surface area contributed by atoms with Crippen molar-refractivity contribution in [2.75, 3.05) is 5.73 Å². The molecular weight excluding hydrogens is 214 g/mol. The van der Waals surface area contributed by atoms with Crippen LogP contribution in [0, 0.1) is 17.8 Å². The number of hydrogen-bond acceptors (Lipinski definition) is 4. The van der Waals surface area contributed by atoms with Crippen molar-refractivity contribution in [1.29, 1.82) is 0 Å². The molecule has 0 aliphatic heterocycles. The van der Waals surface area contributed by atoms with Crippen molar-refractivity contribution in [1.82, 2.24) is 4.98 Å². The first-order valence-corrected chi connectivity index (χ1v) is 6.17. The Morgan fingerprint density at radius 2 is 2.12 bits per heavy atom. The van der Waals surface area contributed by atoms with E-state index >= 15 is 0 Å². The first-order valence-electron chi connectivity index (χ1n) is 6.17. The molecule has 4 atom stereocenters. The van der Waals surface area contributed by atoms with Gasteiger partial charge >= 0.3 is 0 Å². The van der Waals surface area contributed by atoms with Gasteiger partial charge in [-0.15, -0.1) is 0 Å². The van der Waals surface area contributed by atoms with Gasteiger partial charge in [-0.25, -0.2) is 0 Å². The molecule has 3 rings (SSSR count). The van der Waals surface area contributed by atoms with Gasteiger partial charge < -0.3 is 11.5 Å². The van der Waals surface area contributed by atoms with E-state index < -0.39 is 0 Å². The van der Waals surface area contributed by atoms with E-state index in [0.29, 0.717) is 23.1 Å². The highest BCUT2D eigenvalue weighted by Crippen LogP contribution is 2.48. The number of rotatable bonds is 2. The van der Waals surface area contributed by atoms with Crippen molar-refractivity contribution in [3.05, 3.63) is 24.0 Å². The van der Waals surface area contributed by atoms with Gasteiger partial charge in [0.1, 0.15) is 0 Å². The molecule has 4 unspecified atom stereocenters. The Morgan fingerprint density at radius 3 is 2.76 bits per heavy atom. The summed E-state index contributed by atoms with van der Waals surface area (Å²) in [7, 11) is 0. The van der Waals surface area contributed by atoms with E-state index in [1.807, 2.05) is 0 Å². The van der Waals surface area contributed by atoms with E-state index in [4.69, 9.17) is 11.5 Å². The molecule has 0 aromatic carbocycles. The fraction of sp³-hybridized carbons (Fsp3) is 0.538. The van der Waals surface area contributed by atoms with Crippen LogP contribution >= 0.6 is 0 Å². The Kier molecular flexibility index (Phi) is 2.40. The summed E-state index contributed by atoms with van der Waals surface area (Å²) in [6.07, 6.45) is 6.59. The van der Waals surface area contributed by atoms with Crippen molar-refractivity contribution < 1.29 is 4.79 Å². The summed E-state index contributed by atoms with van der Waals surface area (Å²) < 4.78 is 0. The van der Waals surface area contributed by atoms with Gasteiger partial charge in [0.15, 0.2) is 5.78 Å². The summed E-state index contributed by atoms with van der Waals surface area (Å²) in [5, 5.41) is 0. The first kappa shape index (κ1) is 10.7. The third-order valence-corrected chi connectivity index (χ3v) is 4.40. The van der Waals surface area contributed by atoms with E-state index in [0.717, 1.165) is 12.8 Å². The van der Waals surface area contributed by atoms with Crippen LogP contribution < -0.4 is 11.5 Å². The average Bonchev–Trinajstić information content (AvgIpc) is 2.89. The van der Waals surface area contributed by atoms with Crippen LogP contribution in [-0.2, 0) is 0 Å². The van der Waals surface area contributed by atoms with Crippen LogP contribution in [-0.4, -0.2) is 16.8 Å². The lowest BCUT2D eigenvalue weighted by atomic mass is 9.80. The van der Waals surface area contributed by atoms with Gasteiger partial charge in [-0.2, -0.15) is 0 Å². The number of fused-ring (bicyclic) bond motifs is 2. The molecule has 2 bridgehead atoms. The Morgan fingerprint density at radius 1 is 1.35 bits per heavy atom. The summed E-state index contributed by atoms with van der Waals surface area (Å²) in [4.78, 5) is 16.5. The number of carbonyl (C=O) groups is 1. The number of Topliss-reactive ketones (excluding diaryl/α,β-unsaturated/α-hetero) is 1. The normalized spacial score (nSPS) is 35.1. The summed E-state index contributed by atoms with van der Waals surface area (Å²) in [5.41, 5.74) is 13.1. The molecule has 4 N–H and O–H groups in total. The minimum atomic E-state index is -0.0414. The van der Waals surface area contributed by atoms with Crippen LogP contribution in [0.1, 0.15) is 29.6 Å². The maximum atomic E-state index is 12.5. The summed E-state index contributed by atoms with van der Waals surface area (Å²) in [6.45, 7) is 0. The number of hydrogen-bond donors (Lipinski definition) is 2. The third-order valence-electron chi connectivity index (χ3n) is 4.40. The molecule has 2 saturated carbocycles. The van der Waals surface area contributed by atoms with Crippen LogP contribution in [0.5, 0.6) is 0 Å². The zero-order valence-corrected chi connectivity index (χ0v) is 9.67. The minimum absolute atomic E-state index is 0.0147. The van der Waals surface area contributed by atoms with E-state index in [-0.39, 0.29) is 17.7 Å². The van der Waals surface area contributed by atoms with Crippen molar-refractivity contribution in [2.24, 2.45) is 23.5 Å². The van der Waals surface area contributed by atoms with Crippen LogP contribution in [0.3, 0.4) is 0 Å². The van der Waals surface area contributed by atoms with Crippen molar-refractivity contribution >= 4 is 11.5 Å². The molecule has 4 nitrogen and oxygen atoms in total. The molecule has 2 aliphatic carbocycles. The molecule has 1 aromatic heterocycles. The molecule has 0 amide bonds. The quantitative estimate of drug-likeness (QED) is 0.750. The number of nitrogens with two attached hydrogens (primary N) is 2. The van der Waals surface area contributed by atoms with Crippen LogP contribution in [0.2, 0.25) is 0 Å². The zero-order chi connectivity index (χ0) is 12.0. The number of carbonyl (C=O) groups excluding carboxylic acids is 1. The molecule has 2 fully saturated rings. The maximum Gasteiger partial charge on any atom is 0.171 e. The number of nitrogens with zero attached hydrogens (tertiary/aromatic N) is 1. The predicted molar refractivity (Wildman–Crippen MR) is 65.3 cm³/mol. The number of ketones is 1. The Balaban J connectivity index is 1.91. The molecule has 1 heterocycles. The van der Waals surface area contributed by atoms with Crippen molar-refractivity contribution in [2.45, 2.75) is 25.3 Å². The van der Waals surface area contributed by atoms with Crippen LogP contribution in [0.4, 0.5) is 5.69 Å². The van der Waals surface area contributed by atoms with Gasteiger partial charge in [-0.3, -0.25) is 9.78 Å². The van der Waals surface area contributed by atoms with E-state index in [2.05, 4.69) is 4.98 Å². The average molecular weight is 231 g/mol. The topological polar surface area (TPSA) is 82.0 Å². The second-order valence-electron chi connectivity index (χ2n) is 5.26. The van der Waals surface area contributed by atoms with Gasteiger partial charge in [-0.1, -0.05) is 0 Å². The molecule has 17 heavy (non-hydrogen) atoms. The van der Waals surface area contributed by atoms with E-state index in [1.54, 1.807) is 18.5 Å². The summed E-state index contributed by atoms with van der Waals surface area (Å²) in [6, 6.07) is 1.69. The smallest absolute Gasteiger partial charge is 0.171 e. The summed E-state index contributed by atoms with van der Waals surface area (Å²) in [5.74, 6) is 1.05. The van der Waals surface area contributed by atoms with Crippen LogP contribution in [0.25, 0.3) is 0 Å². The highest BCUT2D eigenvalue weighted by molar-refractivity contribution is 6.02. The number of pyridine rings is 1. The number of nitrogen functional groups attached to an aromatic ring is 1. The van der Waals surface area contributed by atoms with Crippen molar-refractivity contribution in [3.8, 4) is 0 Å². The lowest BCUT2D eigenvalue weighted by molar-refractivity contribution is 0.0857. The fourth-order valence-electron chi connectivity index (χ4n) is 3.52. The molecule has 1 aromatic rings. The van der Waals surface area contributed by atoms with Crippen LogP contribution in [0.15, 0.2) is 18.5 Å². The molecule has 4 heteroatoms. The van der Waals surface area contributed by atoms with Gasteiger partial charge in [0.25, 0.3) is 0 Å².